The van der Waals surface area contributed by atoms with E-state index in [1.807, 2.05) is 29.2 Å². The first-order valence-electron chi connectivity index (χ1n) is 8.65. The van der Waals surface area contributed by atoms with Crippen molar-refractivity contribution >= 4 is 5.91 Å². The van der Waals surface area contributed by atoms with Gasteiger partial charge >= 0.3 is 0 Å². The molecule has 1 amide bonds. The van der Waals surface area contributed by atoms with E-state index < -0.39 is 0 Å². The summed E-state index contributed by atoms with van der Waals surface area (Å²) in [5, 5.41) is 8.83. The quantitative estimate of drug-likeness (QED) is 0.840. The molecule has 4 nitrogen and oxygen atoms in total. The molecule has 1 heterocycles. The lowest BCUT2D eigenvalue weighted by molar-refractivity contribution is -0.134. The third-order valence-electron chi connectivity index (χ3n) is 5.14. The zero-order chi connectivity index (χ0) is 16.2. The van der Waals surface area contributed by atoms with Gasteiger partial charge in [-0.2, -0.15) is 5.26 Å². The van der Waals surface area contributed by atoms with Crippen LogP contribution in [-0.4, -0.2) is 41.9 Å². The Bertz CT molecular complexity index is 578. The monoisotopic (exact) mass is 311 g/mol. The number of nitrogens with zero attached hydrogens (tertiary/aromatic N) is 3. The molecule has 0 N–H and O–H groups in total. The smallest absolute Gasteiger partial charge is 0.222 e. The van der Waals surface area contributed by atoms with Gasteiger partial charge < -0.3 is 4.90 Å². The fourth-order valence-corrected chi connectivity index (χ4v) is 3.33. The molecule has 2 aliphatic rings. The Morgan fingerprint density at radius 3 is 2.43 bits per heavy atom. The van der Waals surface area contributed by atoms with Crippen LogP contribution in [0.15, 0.2) is 24.3 Å². The van der Waals surface area contributed by atoms with Crippen LogP contribution in [0, 0.1) is 23.2 Å². The summed E-state index contributed by atoms with van der Waals surface area (Å²) in [4.78, 5) is 16.8. The molecule has 1 aliphatic carbocycles. The van der Waals surface area contributed by atoms with Gasteiger partial charge in [0.1, 0.15) is 0 Å². The van der Waals surface area contributed by atoms with Gasteiger partial charge in [-0.05, 0) is 42.4 Å². The molecule has 1 saturated carbocycles. The zero-order valence-corrected chi connectivity index (χ0v) is 13.9. The number of benzene rings is 1. The fourth-order valence-electron chi connectivity index (χ4n) is 3.33. The van der Waals surface area contributed by atoms with Gasteiger partial charge in [-0.1, -0.05) is 19.1 Å². The fraction of sp³-hybridized carbons (Fsp3) is 0.579. The molecule has 0 unspecified atom stereocenters. The topological polar surface area (TPSA) is 47.3 Å². The largest absolute Gasteiger partial charge is 0.340 e. The highest BCUT2D eigenvalue weighted by atomic mass is 16.2. The summed E-state index contributed by atoms with van der Waals surface area (Å²) in [6, 6.07) is 9.93. The first kappa shape index (κ1) is 16.0. The third kappa shape index (κ3) is 4.33. The van der Waals surface area contributed by atoms with Crippen LogP contribution in [0.25, 0.3) is 0 Å². The number of carbonyl (C=O) groups is 1. The summed E-state index contributed by atoms with van der Waals surface area (Å²) in [7, 11) is 0. The van der Waals surface area contributed by atoms with E-state index in [0.717, 1.165) is 45.1 Å². The Kier molecular flexibility index (Phi) is 4.97. The summed E-state index contributed by atoms with van der Waals surface area (Å²) in [6.45, 7) is 6.66. The first-order valence-corrected chi connectivity index (χ1v) is 8.65. The van der Waals surface area contributed by atoms with Crippen molar-refractivity contribution in [2.45, 2.75) is 32.7 Å². The van der Waals surface area contributed by atoms with Crippen LogP contribution in [-0.2, 0) is 11.3 Å². The van der Waals surface area contributed by atoms with Gasteiger partial charge in [0.25, 0.3) is 0 Å². The highest BCUT2D eigenvalue weighted by molar-refractivity contribution is 5.76. The van der Waals surface area contributed by atoms with Crippen LogP contribution >= 0.6 is 0 Å². The van der Waals surface area contributed by atoms with Gasteiger partial charge in [0.15, 0.2) is 0 Å². The van der Waals surface area contributed by atoms with E-state index >= 15 is 0 Å². The predicted octanol–water partition coefficient (Wildman–Crippen LogP) is 2.64. The summed E-state index contributed by atoms with van der Waals surface area (Å²) in [6.07, 6.45) is 3.35. The van der Waals surface area contributed by atoms with Gasteiger partial charge in [-0.15, -0.1) is 0 Å². The number of piperazine rings is 1. The standard InChI is InChI=1S/C19H25N3O/c1-15(18-6-7-18)12-19(23)22-10-8-21(9-11-22)14-17-4-2-16(13-20)3-5-17/h2-5,15,18H,6-12,14H2,1H3/t15-/m0/s1. The van der Waals surface area contributed by atoms with Crippen molar-refractivity contribution < 1.29 is 4.79 Å². The molecular weight excluding hydrogens is 286 g/mol. The maximum Gasteiger partial charge on any atom is 0.222 e. The Balaban J connectivity index is 1.44. The van der Waals surface area contributed by atoms with Crippen molar-refractivity contribution in [3.63, 3.8) is 0 Å². The van der Waals surface area contributed by atoms with Crippen LogP contribution in [0.1, 0.15) is 37.3 Å². The molecule has 122 valence electrons. The second-order valence-corrected chi connectivity index (χ2v) is 6.98. The van der Waals surface area contributed by atoms with Gasteiger partial charge in [0.2, 0.25) is 5.91 Å². The second-order valence-electron chi connectivity index (χ2n) is 6.98. The van der Waals surface area contributed by atoms with Crippen molar-refractivity contribution in [3.8, 4) is 6.07 Å². The highest BCUT2D eigenvalue weighted by Gasteiger charge is 2.31. The van der Waals surface area contributed by atoms with Crippen molar-refractivity contribution in [1.82, 2.24) is 9.80 Å². The predicted molar refractivity (Wildman–Crippen MR) is 89.5 cm³/mol. The summed E-state index contributed by atoms with van der Waals surface area (Å²) < 4.78 is 0. The molecule has 1 aromatic rings. The normalized spacial score (nSPS) is 20.1. The number of rotatable bonds is 5. The first-order chi connectivity index (χ1) is 11.2. The highest BCUT2D eigenvalue weighted by Crippen LogP contribution is 2.38. The van der Waals surface area contributed by atoms with E-state index in [1.54, 1.807) is 0 Å². The van der Waals surface area contributed by atoms with E-state index in [2.05, 4.69) is 17.9 Å². The maximum absolute atomic E-state index is 12.4. The van der Waals surface area contributed by atoms with Crippen molar-refractivity contribution in [1.29, 1.82) is 5.26 Å². The Morgan fingerprint density at radius 2 is 1.87 bits per heavy atom. The average Bonchev–Trinajstić information content (AvgIpc) is 3.41. The molecule has 4 heteroatoms. The summed E-state index contributed by atoms with van der Waals surface area (Å²) >= 11 is 0. The molecule has 1 atom stereocenters. The van der Waals surface area contributed by atoms with E-state index in [1.165, 1.54) is 18.4 Å². The van der Waals surface area contributed by atoms with E-state index in [9.17, 15) is 4.79 Å². The zero-order valence-electron chi connectivity index (χ0n) is 13.9. The summed E-state index contributed by atoms with van der Waals surface area (Å²) in [5.74, 6) is 1.69. The van der Waals surface area contributed by atoms with Gasteiger partial charge in [-0.3, -0.25) is 9.69 Å². The number of amides is 1. The van der Waals surface area contributed by atoms with Crippen LogP contribution in [0.4, 0.5) is 0 Å². The molecule has 23 heavy (non-hydrogen) atoms. The van der Waals surface area contributed by atoms with Crippen molar-refractivity contribution in [2.75, 3.05) is 26.2 Å². The Labute approximate surface area is 138 Å². The Hall–Kier alpha value is -1.86. The number of carbonyl (C=O) groups excluding carboxylic acids is 1. The minimum Gasteiger partial charge on any atom is -0.340 e. The molecule has 1 aromatic carbocycles. The third-order valence-corrected chi connectivity index (χ3v) is 5.14. The molecule has 0 spiro atoms. The van der Waals surface area contributed by atoms with Gasteiger partial charge in [-0.25, -0.2) is 0 Å². The lowest BCUT2D eigenvalue weighted by Crippen LogP contribution is -2.48. The molecular formula is C19H25N3O. The van der Waals surface area contributed by atoms with E-state index in [0.29, 0.717) is 17.4 Å². The van der Waals surface area contributed by atoms with Crippen LogP contribution in [0.2, 0.25) is 0 Å². The van der Waals surface area contributed by atoms with Gasteiger partial charge in [0.05, 0.1) is 11.6 Å². The average molecular weight is 311 g/mol. The molecule has 3 rings (SSSR count). The van der Waals surface area contributed by atoms with Crippen molar-refractivity contribution in [3.05, 3.63) is 35.4 Å². The lowest BCUT2D eigenvalue weighted by atomic mass is 10.0. The lowest BCUT2D eigenvalue weighted by Gasteiger charge is -2.35. The van der Waals surface area contributed by atoms with Crippen LogP contribution in [0.5, 0.6) is 0 Å². The molecule has 0 aromatic heterocycles. The molecule has 0 radical (unpaired) electrons. The number of nitriles is 1. The van der Waals surface area contributed by atoms with E-state index in [-0.39, 0.29) is 0 Å². The van der Waals surface area contributed by atoms with Gasteiger partial charge in [0, 0.05) is 39.1 Å². The maximum atomic E-state index is 12.4. The minimum atomic E-state index is 0.336. The van der Waals surface area contributed by atoms with Crippen molar-refractivity contribution in [2.24, 2.45) is 11.8 Å². The van der Waals surface area contributed by atoms with Crippen LogP contribution < -0.4 is 0 Å². The minimum absolute atomic E-state index is 0.336. The number of hydrogen-bond acceptors (Lipinski definition) is 3. The number of hydrogen-bond donors (Lipinski definition) is 0. The second kappa shape index (κ2) is 7.14. The molecule has 0 bridgehead atoms. The summed E-state index contributed by atoms with van der Waals surface area (Å²) in [5.41, 5.74) is 1.93. The van der Waals surface area contributed by atoms with E-state index in [4.69, 9.17) is 5.26 Å². The molecule has 1 saturated heterocycles. The Morgan fingerprint density at radius 1 is 1.22 bits per heavy atom. The molecule has 2 fully saturated rings. The molecule has 1 aliphatic heterocycles. The SMILES string of the molecule is C[C@@H](CC(=O)N1CCN(Cc2ccc(C#N)cc2)CC1)C1CC1. The van der Waals surface area contributed by atoms with Crippen LogP contribution in [0.3, 0.4) is 0 Å².